The fraction of sp³-hybridized carbons (Fsp3) is 0. The second-order valence-corrected chi connectivity index (χ2v) is 5.60. The summed E-state index contributed by atoms with van der Waals surface area (Å²) in [6, 6.07) is 11.5. The Kier molecular flexibility index (Phi) is 3.55. The molecule has 1 heterocycles. The molecule has 0 aliphatic heterocycles. The Morgan fingerprint density at radius 3 is 2.53 bits per heavy atom. The molecule has 0 saturated carbocycles. The van der Waals surface area contributed by atoms with Gasteiger partial charge in [-0.25, -0.2) is 0 Å². The molecule has 0 fully saturated rings. The topological polar surface area (TPSA) is 55.7 Å². The number of hydrogen-bond donors (Lipinski definition) is 0. The summed E-state index contributed by atoms with van der Waals surface area (Å²) in [6.07, 6.45) is 1.37. The third-order valence-corrected chi connectivity index (χ3v) is 3.83. The monoisotopic (exact) mass is 267 g/mol. The lowest BCUT2D eigenvalue weighted by Crippen LogP contribution is -2.02. The first-order chi connectivity index (χ1) is 8.18. The molecule has 4 nitrogen and oxygen atoms in total. The predicted octanol–water partition coefficient (Wildman–Crippen LogP) is 2.49. The third-order valence-electron chi connectivity index (χ3n) is 1.90. The van der Waals surface area contributed by atoms with Crippen LogP contribution >= 0.6 is 11.3 Å². The molecule has 17 heavy (non-hydrogen) atoms. The fourth-order valence-corrected chi connectivity index (χ4v) is 2.43. The molecule has 0 aliphatic carbocycles. The van der Waals surface area contributed by atoms with Crippen LogP contribution in [-0.2, 0) is 14.4 Å². The van der Waals surface area contributed by atoms with Gasteiger partial charge in [-0.1, -0.05) is 29.4 Å². The molecule has 1 aromatic carbocycles. The molecule has 88 valence electrons. The van der Waals surface area contributed by atoms with Crippen LogP contribution in [-0.4, -0.2) is 14.6 Å². The molecule has 0 amide bonds. The summed E-state index contributed by atoms with van der Waals surface area (Å²) >= 11 is 1.45. The summed E-state index contributed by atoms with van der Waals surface area (Å²) < 4.78 is 27.8. The number of thiophene rings is 1. The molecule has 0 radical (unpaired) electrons. The largest absolute Gasteiger partial charge is 0.358 e. The van der Waals surface area contributed by atoms with Gasteiger partial charge in [-0.2, -0.15) is 8.42 Å². The second kappa shape index (κ2) is 5.11. The highest BCUT2D eigenvalue weighted by Gasteiger charge is 2.14. The zero-order valence-corrected chi connectivity index (χ0v) is 10.3. The van der Waals surface area contributed by atoms with Crippen LogP contribution in [0.5, 0.6) is 0 Å². The van der Waals surface area contributed by atoms with Gasteiger partial charge in [-0.3, -0.25) is 4.28 Å². The van der Waals surface area contributed by atoms with Gasteiger partial charge in [0.05, 0.1) is 6.21 Å². The average molecular weight is 267 g/mol. The summed E-state index contributed by atoms with van der Waals surface area (Å²) in [5, 5.41) is 5.33. The first kappa shape index (κ1) is 11.8. The van der Waals surface area contributed by atoms with Gasteiger partial charge in [-0.15, -0.1) is 11.3 Å². The predicted molar refractivity (Wildman–Crippen MR) is 66.6 cm³/mol. The van der Waals surface area contributed by atoms with E-state index in [4.69, 9.17) is 0 Å². The fourth-order valence-electron chi connectivity index (χ4n) is 1.13. The zero-order valence-electron chi connectivity index (χ0n) is 8.68. The average Bonchev–Trinajstić information content (AvgIpc) is 2.83. The van der Waals surface area contributed by atoms with Crippen molar-refractivity contribution in [2.75, 3.05) is 0 Å². The Hall–Kier alpha value is -1.66. The van der Waals surface area contributed by atoms with Gasteiger partial charge in [0.15, 0.2) is 0 Å². The molecule has 0 unspecified atom stereocenters. The van der Waals surface area contributed by atoms with E-state index in [2.05, 4.69) is 9.44 Å². The van der Waals surface area contributed by atoms with Gasteiger partial charge in [0, 0.05) is 4.88 Å². The van der Waals surface area contributed by atoms with Crippen molar-refractivity contribution < 1.29 is 12.7 Å². The van der Waals surface area contributed by atoms with Crippen molar-refractivity contribution in [1.29, 1.82) is 0 Å². The Bertz CT molecular complexity index is 589. The van der Waals surface area contributed by atoms with Crippen LogP contribution < -0.4 is 0 Å². The summed E-state index contributed by atoms with van der Waals surface area (Å²) in [4.78, 5) is 0.914. The van der Waals surface area contributed by atoms with Gasteiger partial charge in [0.25, 0.3) is 0 Å². The van der Waals surface area contributed by atoms with Gasteiger partial charge >= 0.3 is 10.1 Å². The Balaban J connectivity index is 2.09. The number of hydrogen-bond acceptors (Lipinski definition) is 5. The maximum Gasteiger partial charge on any atom is 0.358 e. The Morgan fingerprint density at radius 1 is 1.12 bits per heavy atom. The molecule has 0 atom stereocenters. The van der Waals surface area contributed by atoms with E-state index in [-0.39, 0.29) is 4.90 Å². The first-order valence-electron chi connectivity index (χ1n) is 4.74. The lowest BCUT2D eigenvalue weighted by molar-refractivity contribution is 0.341. The summed E-state index contributed by atoms with van der Waals surface area (Å²) in [6.45, 7) is 0. The van der Waals surface area contributed by atoms with Crippen molar-refractivity contribution in [1.82, 2.24) is 0 Å². The van der Waals surface area contributed by atoms with Crippen LogP contribution in [0.2, 0.25) is 0 Å². The quantitative estimate of drug-likeness (QED) is 0.631. The molecule has 0 saturated heterocycles. The smallest absolute Gasteiger partial charge is 0.265 e. The highest BCUT2D eigenvalue weighted by Crippen LogP contribution is 2.12. The van der Waals surface area contributed by atoms with E-state index in [0.717, 1.165) is 4.88 Å². The maximum atomic E-state index is 11.6. The van der Waals surface area contributed by atoms with E-state index in [1.807, 2.05) is 17.5 Å². The Labute approximate surface area is 103 Å². The minimum Gasteiger partial charge on any atom is -0.265 e. The summed E-state index contributed by atoms with van der Waals surface area (Å²) in [5.74, 6) is 0. The van der Waals surface area contributed by atoms with Crippen molar-refractivity contribution in [2.45, 2.75) is 4.90 Å². The molecule has 1 aromatic heterocycles. The second-order valence-electron chi connectivity index (χ2n) is 3.09. The highest BCUT2D eigenvalue weighted by atomic mass is 32.2. The molecule has 6 heteroatoms. The number of benzene rings is 1. The normalized spacial score (nSPS) is 11.8. The van der Waals surface area contributed by atoms with Crippen molar-refractivity contribution in [3.8, 4) is 0 Å². The third kappa shape index (κ3) is 3.15. The van der Waals surface area contributed by atoms with E-state index in [1.54, 1.807) is 18.2 Å². The van der Waals surface area contributed by atoms with Crippen LogP contribution in [0.1, 0.15) is 4.88 Å². The van der Waals surface area contributed by atoms with E-state index in [1.165, 1.54) is 29.7 Å². The molecule has 0 N–H and O–H groups in total. The number of oxime groups is 1. The molecule has 2 aromatic rings. The lowest BCUT2D eigenvalue weighted by Gasteiger charge is -1.99. The molecule has 0 bridgehead atoms. The SMILES string of the molecule is O=S(=O)(ON=Cc1cccs1)c1ccccc1. The van der Waals surface area contributed by atoms with Crippen LogP contribution in [0, 0.1) is 0 Å². The van der Waals surface area contributed by atoms with Gasteiger partial charge in [-0.05, 0) is 23.6 Å². The van der Waals surface area contributed by atoms with Crippen LogP contribution in [0.3, 0.4) is 0 Å². The molecule has 0 aliphatic rings. The van der Waals surface area contributed by atoms with Crippen molar-refractivity contribution in [3.63, 3.8) is 0 Å². The Morgan fingerprint density at radius 2 is 1.88 bits per heavy atom. The van der Waals surface area contributed by atoms with Crippen molar-refractivity contribution in [3.05, 3.63) is 52.7 Å². The number of rotatable bonds is 4. The van der Waals surface area contributed by atoms with Gasteiger partial charge in [0.1, 0.15) is 4.90 Å². The zero-order chi connectivity index (χ0) is 12.1. The minimum atomic E-state index is -3.81. The molecule has 2 rings (SSSR count). The highest BCUT2D eigenvalue weighted by molar-refractivity contribution is 7.86. The lowest BCUT2D eigenvalue weighted by atomic mass is 10.4. The van der Waals surface area contributed by atoms with E-state index >= 15 is 0 Å². The standard InChI is InChI=1S/C11H9NO3S2/c13-17(14,11-6-2-1-3-7-11)15-12-9-10-5-4-8-16-10/h1-9H. The van der Waals surface area contributed by atoms with Gasteiger partial charge in [0.2, 0.25) is 0 Å². The van der Waals surface area contributed by atoms with Crippen LogP contribution in [0.15, 0.2) is 57.9 Å². The first-order valence-corrected chi connectivity index (χ1v) is 7.03. The van der Waals surface area contributed by atoms with E-state index in [9.17, 15) is 8.42 Å². The van der Waals surface area contributed by atoms with Crippen molar-refractivity contribution in [2.24, 2.45) is 5.16 Å². The van der Waals surface area contributed by atoms with Crippen LogP contribution in [0.25, 0.3) is 0 Å². The van der Waals surface area contributed by atoms with Crippen molar-refractivity contribution >= 4 is 27.7 Å². The minimum absolute atomic E-state index is 0.0864. The summed E-state index contributed by atoms with van der Waals surface area (Å²) in [7, 11) is -3.81. The maximum absolute atomic E-state index is 11.6. The molecular weight excluding hydrogens is 258 g/mol. The van der Waals surface area contributed by atoms with E-state index < -0.39 is 10.1 Å². The van der Waals surface area contributed by atoms with Crippen LogP contribution in [0.4, 0.5) is 0 Å². The van der Waals surface area contributed by atoms with Gasteiger partial charge < -0.3 is 0 Å². The number of nitrogens with zero attached hydrogens (tertiary/aromatic N) is 1. The molecular formula is C11H9NO3S2. The van der Waals surface area contributed by atoms with E-state index in [0.29, 0.717) is 0 Å². The summed E-state index contributed by atoms with van der Waals surface area (Å²) in [5.41, 5.74) is 0. The molecule has 0 spiro atoms.